The average molecular weight is 552 g/mol. The summed E-state index contributed by atoms with van der Waals surface area (Å²) in [5, 5.41) is 16.2. The molecule has 0 saturated carbocycles. The summed E-state index contributed by atoms with van der Waals surface area (Å²) in [7, 11) is 0. The van der Waals surface area contributed by atoms with Crippen molar-refractivity contribution in [3.05, 3.63) is 64.4 Å². The number of aryl methyl sites for hydroxylation is 1. The van der Waals surface area contributed by atoms with E-state index in [2.05, 4.69) is 45.8 Å². The number of hydrogen-bond donors (Lipinski definition) is 3. The zero-order chi connectivity index (χ0) is 28.3. The Balaban J connectivity index is 1.42. The van der Waals surface area contributed by atoms with E-state index in [4.69, 9.17) is 0 Å². The van der Waals surface area contributed by atoms with E-state index < -0.39 is 35.4 Å². The van der Waals surface area contributed by atoms with Crippen molar-refractivity contribution in [1.29, 1.82) is 0 Å². The average Bonchev–Trinajstić information content (AvgIpc) is 3.51. The van der Waals surface area contributed by atoms with Gasteiger partial charge in [-0.05, 0) is 36.0 Å². The number of nitrogens with zero attached hydrogens (tertiary/aromatic N) is 3. The molecular formula is C29H37N5O4S. The van der Waals surface area contributed by atoms with Crippen LogP contribution in [0.15, 0.2) is 48.1 Å². The van der Waals surface area contributed by atoms with Gasteiger partial charge in [0.25, 0.3) is 5.91 Å². The topological polar surface area (TPSA) is 125 Å². The molecule has 1 aliphatic carbocycles. The standard InChI is InChI=1S/C29H37N5O4S/c1-17-12-19(24-18(2)32-16-39-24)9-10-20(17)14-31-27(37)23-13-21(35)15-34(23)28(38)25(29(3,4)5)33-26(36)22-8-6-7-11-30-22/h6-12,16-17,20-21,23,25,35H,13-15H2,1-5H3,(H,31,37)(H,33,36)/t17?,20?,21-,23+,25-/m1/s1. The van der Waals surface area contributed by atoms with Crippen molar-refractivity contribution >= 4 is 34.6 Å². The van der Waals surface area contributed by atoms with Crippen LogP contribution in [-0.2, 0) is 9.59 Å². The maximum atomic E-state index is 13.7. The van der Waals surface area contributed by atoms with Crippen molar-refractivity contribution in [2.75, 3.05) is 13.1 Å². The Labute approximate surface area is 233 Å². The second kappa shape index (κ2) is 11.8. The van der Waals surface area contributed by atoms with E-state index in [1.165, 1.54) is 11.1 Å². The van der Waals surface area contributed by atoms with E-state index in [0.717, 1.165) is 16.1 Å². The normalized spacial score (nSPS) is 23.7. The Morgan fingerprint density at radius 1 is 1.23 bits per heavy atom. The number of nitrogens with one attached hydrogen (secondary N) is 2. The van der Waals surface area contributed by atoms with Gasteiger partial charge in [-0.2, -0.15) is 0 Å². The van der Waals surface area contributed by atoms with Crippen molar-refractivity contribution < 1.29 is 19.5 Å². The third-order valence-electron chi connectivity index (χ3n) is 7.31. The Hall–Kier alpha value is -3.37. The quantitative estimate of drug-likeness (QED) is 0.486. The number of rotatable bonds is 7. The second-order valence-corrected chi connectivity index (χ2v) is 12.3. The van der Waals surface area contributed by atoms with Crippen LogP contribution in [0, 0.1) is 24.2 Å². The van der Waals surface area contributed by atoms with Gasteiger partial charge in [0.2, 0.25) is 11.8 Å². The molecule has 208 valence electrons. The lowest BCUT2D eigenvalue weighted by atomic mass is 9.85. The molecule has 2 aromatic rings. The van der Waals surface area contributed by atoms with Gasteiger partial charge in [0.15, 0.2) is 0 Å². The molecule has 0 spiro atoms. The van der Waals surface area contributed by atoms with Gasteiger partial charge >= 0.3 is 0 Å². The summed E-state index contributed by atoms with van der Waals surface area (Å²) in [6.45, 7) is 10.1. The zero-order valence-corrected chi connectivity index (χ0v) is 23.9. The Morgan fingerprint density at radius 2 is 2.00 bits per heavy atom. The highest BCUT2D eigenvalue weighted by Crippen LogP contribution is 2.32. The lowest BCUT2D eigenvalue weighted by Gasteiger charge is -2.35. The van der Waals surface area contributed by atoms with Crippen LogP contribution in [0.25, 0.3) is 5.57 Å². The molecule has 0 radical (unpaired) electrons. The molecule has 2 unspecified atom stereocenters. The number of carbonyl (C=O) groups is 3. The highest BCUT2D eigenvalue weighted by Gasteiger charge is 2.44. The van der Waals surface area contributed by atoms with Crippen LogP contribution >= 0.6 is 11.3 Å². The summed E-state index contributed by atoms with van der Waals surface area (Å²) in [6.07, 6.45) is 7.22. The number of aliphatic hydroxyl groups excluding tert-OH is 1. The molecule has 3 amide bonds. The maximum Gasteiger partial charge on any atom is 0.270 e. The van der Waals surface area contributed by atoms with E-state index in [9.17, 15) is 19.5 Å². The minimum Gasteiger partial charge on any atom is -0.391 e. The van der Waals surface area contributed by atoms with Gasteiger partial charge in [0, 0.05) is 31.6 Å². The van der Waals surface area contributed by atoms with Crippen molar-refractivity contribution in [1.82, 2.24) is 25.5 Å². The van der Waals surface area contributed by atoms with E-state index in [-0.39, 0.29) is 36.4 Å². The highest BCUT2D eigenvalue weighted by atomic mass is 32.1. The number of β-amino-alcohol motifs (C(OH)–C–C–N with tert-alkyl or cyclic N) is 1. The minimum atomic E-state index is -0.910. The second-order valence-electron chi connectivity index (χ2n) is 11.4. The summed E-state index contributed by atoms with van der Waals surface area (Å²) in [5.41, 5.74) is 3.55. The maximum absolute atomic E-state index is 13.7. The smallest absolute Gasteiger partial charge is 0.270 e. The number of pyridine rings is 1. The predicted molar refractivity (Wildman–Crippen MR) is 151 cm³/mol. The summed E-state index contributed by atoms with van der Waals surface area (Å²) in [5.74, 6) is -0.880. The molecule has 3 N–H and O–H groups in total. The van der Waals surface area contributed by atoms with Crippen LogP contribution < -0.4 is 10.6 Å². The van der Waals surface area contributed by atoms with Gasteiger partial charge in [-0.15, -0.1) is 11.3 Å². The number of thiazole rings is 1. The number of likely N-dealkylation sites (tertiary alicyclic amines) is 1. The van der Waals surface area contributed by atoms with Crippen molar-refractivity contribution in [3.63, 3.8) is 0 Å². The monoisotopic (exact) mass is 551 g/mol. The molecule has 1 saturated heterocycles. The number of carbonyl (C=O) groups excluding carboxylic acids is 3. The first-order valence-corrected chi connectivity index (χ1v) is 14.1. The Bertz CT molecular complexity index is 1270. The number of aromatic nitrogens is 2. The van der Waals surface area contributed by atoms with Crippen LogP contribution in [-0.4, -0.2) is 69.0 Å². The zero-order valence-electron chi connectivity index (χ0n) is 23.0. The van der Waals surface area contributed by atoms with Crippen LogP contribution in [0.5, 0.6) is 0 Å². The van der Waals surface area contributed by atoms with E-state index >= 15 is 0 Å². The summed E-state index contributed by atoms with van der Waals surface area (Å²) >= 11 is 1.61. The third kappa shape index (κ3) is 6.62. The van der Waals surface area contributed by atoms with Gasteiger partial charge in [-0.3, -0.25) is 19.4 Å². The minimum absolute atomic E-state index is 0.0307. The summed E-state index contributed by atoms with van der Waals surface area (Å²) in [4.78, 5) is 50.8. The molecule has 2 aromatic heterocycles. The van der Waals surface area contributed by atoms with Gasteiger partial charge in [-0.1, -0.05) is 52.0 Å². The fraction of sp³-hybridized carbons (Fsp3) is 0.483. The van der Waals surface area contributed by atoms with Crippen LogP contribution in [0.3, 0.4) is 0 Å². The first-order valence-electron chi connectivity index (χ1n) is 13.2. The molecular weight excluding hydrogens is 514 g/mol. The molecule has 10 heteroatoms. The van der Waals surface area contributed by atoms with Gasteiger partial charge in [0.05, 0.1) is 22.2 Å². The molecule has 3 heterocycles. The summed E-state index contributed by atoms with van der Waals surface area (Å²) in [6, 6.07) is 3.25. The van der Waals surface area contributed by atoms with E-state index in [1.54, 1.807) is 29.5 Å². The van der Waals surface area contributed by atoms with Crippen LogP contribution in [0.4, 0.5) is 0 Å². The molecule has 4 rings (SSSR count). The number of aliphatic hydroxyl groups is 1. The van der Waals surface area contributed by atoms with Crippen LogP contribution in [0.2, 0.25) is 0 Å². The first-order chi connectivity index (χ1) is 18.5. The van der Waals surface area contributed by atoms with Gasteiger partial charge in [0.1, 0.15) is 17.8 Å². The molecule has 0 aromatic carbocycles. The predicted octanol–water partition coefficient (Wildman–Crippen LogP) is 2.97. The first kappa shape index (κ1) is 28.6. The molecule has 1 aliphatic heterocycles. The number of amides is 3. The largest absolute Gasteiger partial charge is 0.391 e. The number of hydrogen-bond acceptors (Lipinski definition) is 7. The molecule has 2 aliphatic rings. The fourth-order valence-corrected chi connectivity index (χ4v) is 5.82. The molecule has 5 atom stereocenters. The van der Waals surface area contributed by atoms with Crippen molar-refractivity contribution in [3.8, 4) is 0 Å². The number of allylic oxidation sites excluding steroid dienone is 3. The summed E-state index contributed by atoms with van der Waals surface area (Å²) < 4.78 is 0. The van der Waals surface area contributed by atoms with Crippen LogP contribution in [0.1, 0.15) is 55.2 Å². The molecule has 0 bridgehead atoms. The van der Waals surface area contributed by atoms with Crippen molar-refractivity contribution in [2.45, 2.75) is 59.2 Å². The highest BCUT2D eigenvalue weighted by molar-refractivity contribution is 7.11. The van der Waals surface area contributed by atoms with Gasteiger partial charge < -0.3 is 20.6 Å². The van der Waals surface area contributed by atoms with E-state index in [1.807, 2.05) is 33.2 Å². The van der Waals surface area contributed by atoms with Crippen molar-refractivity contribution in [2.24, 2.45) is 17.3 Å². The lowest BCUT2D eigenvalue weighted by Crippen LogP contribution is -2.58. The molecule has 1 fully saturated rings. The molecule has 9 nitrogen and oxygen atoms in total. The fourth-order valence-electron chi connectivity index (χ4n) is 5.01. The SMILES string of the molecule is Cc1ncsc1C1=CC(C)C(CNC(=O)[C@@H]2C[C@@H](O)CN2C(=O)[C@@H](NC(=O)c2ccccn2)C(C)(C)C)C=C1. The lowest BCUT2D eigenvalue weighted by molar-refractivity contribution is -0.142. The molecule has 39 heavy (non-hydrogen) atoms. The Kier molecular flexibility index (Phi) is 8.66. The van der Waals surface area contributed by atoms with E-state index in [0.29, 0.717) is 6.54 Å². The van der Waals surface area contributed by atoms with Gasteiger partial charge in [-0.25, -0.2) is 4.98 Å². The Morgan fingerprint density at radius 3 is 2.62 bits per heavy atom. The third-order valence-corrected chi connectivity index (χ3v) is 8.29.